The number of aromatic nitrogens is 2. The van der Waals surface area contributed by atoms with Crippen LogP contribution in [0, 0.1) is 0 Å². The first kappa shape index (κ1) is 17.4. The zero-order valence-corrected chi connectivity index (χ0v) is 15.8. The lowest BCUT2D eigenvalue weighted by atomic mass is 10.1. The minimum absolute atomic E-state index is 0.104. The van der Waals surface area contributed by atoms with Gasteiger partial charge in [-0.25, -0.2) is 0 Å². The molecule has 1 aliphatic heterocycles. The maximum atomic E-state index is 11.6. The van der Waals surface area contributed by atoms with Crippen molar-refractivity contribution in [2.45, 2.75) is 6.54 Å². The second-order valence-corrected chi connectivity index (χ2v) is 7.07. The number of rotatable bonds is 4. The van der Waals surface area contributed by atoms with E-state index in [9.17, 15) is 4.79 Å². The molecule has 6 nitrogen and oxygen atoms in total. The number of carbonyl (C=O) groups excluding carboxylic acids is 1. The zero-order chi connectivity index (χ0) is 18.8. The Kier molecular flexibility index (Phi) is 4.68. The average Bonchev–Trinajstić information content (AvgIpc) is 3.23. The number of fused-ring (bicyclic) bond motifs is 1. The normalized spacial score (nSPS) is 17.0. The molecular weight excluding hydrogens is 360 g/mol. The van der Waals surface area contributed by atoms with Gasteiger partial charge in [-0.15, -0.1) is 0 Å². The Morgan fingerprint density at radius 2 is 2.15 bits per heavy atom. The van der Waals surface area contributed by atoms with E-state index in [1.165, 1.54) is 0 Å². The molecule has 0 bridgehead atoms. The van der Waals surface area contributed by atoms with E-state index in [1.54, 1.807) is 14.2 Å². The summed E-state index contributed by atoms with van der Waals surface area (Å²) in [7, 11) is 3.34. The number of carbonyl (C=O) groups is 1. The number of amidine groups is 1. The van der Waals surface area contributed by atoms with Crippen molar-refractivity contribution in [3.8, 4) is 5.75 Å². The van der Waals surface area contributed by atoms with E-state index in [4.69, 9.17) is 4.74 Å². The maximum absolute atomic E-state index is 11.6. The van der Waals surface area contributed by atoms with Crippen LogP contribution in [-0.2, 0) is 6.54 Å². The Bertz CT molecular complexity index is 1080. The van der Waals surface area contributed by atoms with Crippen molar-refractivity contribution in [2.75, 3.05) is 14.2 Å². The van der Waals surface area contributed by atoms with E-state index in [0.29, 0.717) is 12.4 Å². The molecule has 0 radical (unpaired) electrons. The van der Waals surface area contributed by atoms with Crippen molar-refractivity contribution < 1.29 is 9.53 Å². The van der Waals surface area contributed by atoms with Gasteiger partial charge in [-0.05, 0) is 41.6 Å². The number of methoxy groups -OCH3 is 1. The van der Waals surface area contributed by atoms with Crippen LogP contribution < -0.4 is 10.1 Å². The number of nitrogens with one attached hydrogen (secondary N) is 1. The smallest absolute Gasteiger partial charge is 0.289 e. The summed E-state index contributed by atoms with van der Waals surface area (Å²) in [4.78, 5) is 16.5. The molecule has 1 aliphatic rings. The summed E-state index contributed by atoms with van der Waals surface area (Å²) in [6.45, 7) is 0.635. The molecule has 4 rings (SSSR count). The summed E-state index contributed by atoms with van der Waals surface area (Å²) in [5.74, 6) is 1.46. The molecule has 1 N–H and O–H groups in total. The van der Waals surface area contributed by atoms with Gasteiger partial charge in [0.2, 0.25) is 0 Å². The fourth-order valence-electron chi connectivity index (χ4n) is 3.02. The molecule has 0 atom stereocenters. The number of hydrogen-bond acceptors (Lipinski definition) is 5. The van der Waals surface area contributed by atoms with Gasteiger partial charge in [0.25, 0.3) is 5.24 Å². The molecule has 27 heavy (non-hydrogen) atoms. The highest BCUT2D eigenvalue weighted by Gasteiger charge is 2.22. The Morgan fingerprint density at radius 1 is 1.30 bits per heavy atom. The fourth-order valence-corrected chi connectivity index (χ4v) is 3.80. The van der Waals surface area contributed by atoms with Gasteiger partial charge in [-0.2, -0.15) is 5.10 Å². The third kappa shape index (κ3) is 3.59. The van der Waals surface area contributed by atoms with Crippen LogP contribution in [0.4, 0.5) is 4.79 Å². The second-order valence-electron chi connectivity index (χ2n) is 6.05. The van der Waals surface area contributed by atoms with Crippen molar-refractivity contribution in [3.63, 3.8) is 0 Å². The molecular formula is C20H18N4O2S. The maximum Gasteiger partial charge on any atom is 0.289 e. The van der Waals surface area contributed by atoms with Gasteiger partial charge in [0, 0.05) is 24.2 Å². The van der Waals surface area contributed by atoms with Crippen molar-refractivity contribution in [1.82, 2.24) is 15.1 Å². The van der Waals surface area contributed by atoms with Gasteiger partial charge < -0.3 is 10.1 Å². The zero-order valence-electron chi connectivity index (χ0n) is 15.0. The Labute approximate surface area is 160 Å². The molecule has 1 aromatic heterocycles. The largest absolute Gasteiger partial charge is 0.496 e. The van der Waals surface area contributed by atoms with Gasteiger partial charge in [0.1, 0.15) is 11.6 Å². The van der Waals surface area contributed by atoms with Crippen LogP contribution in [0.1, 0.15) is 11.1 Å². The second kappa shape index (κ2) is 7.28. The molecule has 2 aromatic carbocycles. The molecule has 0 saturated carbocycles. The first-order chi connectivity index (χ1) is 13.2. The van der Waals surface area contributed by atoms with E-state index in [-0.39, 0.29) is 5.24 Å². The van der Waals surface area contributed by atoms with Crippen LogP contribution in [0.15, 0.2) is 58.6 Å². The van der Waals surface area contributed by atoms with Crippen molar-refractivity contribution in [3.05, 3.63) is 64.7 Å². The summed E-state index contributed by atoms with van der Waals surface area (Å²) in [6.07, 6.45) is 3.98. The average molecular weight is 378 g/mol. The van der Waals surface area contributed by atoms with Crippen LogP contribution in [0.3, 0.4) is 0 Å². The highest BCUT2D eigenvalue weighted by Crippen LogP contribution is 2.27. The number of benzene rings is 2. The molecule has 1 saturated heterocycles. The van der Waals surface area contributed by atoms with E-state index in [1.807, 2.05) is 53.4 Å². The predicted molar refractivity (Wildman–Crippen MR) is 109 cm³/mol. The molecule has 136 valence electrons. The monoisotopic (exact) mass is 378 g/mol. The third-order valence-electron chi connectivity index (χ3n) is 4.28. The van der Waals surface area contributed by atoms with E-state index in [0.717, 1.165) is 44.4 Å². The van der Waals surface area contributed by atoms with Crippen LogP contribution in [0.2, 0.25) is 0 Å². The quantitative estimate of drug-likeness (QED) is 0.747. The molecule has 2 heterocycles. The third-order valence-corrected chi connectivity index (χ3v) is 5.10. The lowest BCUT2D eigenvalue weighted by molar-refractivity contribution is 0.265. The highest BCUT2D eigenvalue weighted by molar-refractivity contribution is 8.18. The van der Waals surface area contributed by atoms with Crippen LogP contribution in [0.5, 0.6) is 5.75 Å². The number of aliphatic imine (C=N–C) groups is 1. The number of nitrogens with zero attached hydrogens (tertiary/aromatic N) is 3. The first-order valence-electron chi connectivity index (χ1n) is 8.43. The molecule has 1 amide bonds. The van der Waals surface area contributed by atoms with Gasteiger partial charge in [0.05, 0.1) is 24.1 Å². The Hall–Kier alpha value is -3.06. The summed E-state index contributed by atoms with van der Waals surface area (Å²) < 4.78 is 7.33. The first-order valence-corrected chi connectivity index (χ1v) is 9.25. The van der Waals surface area contributed by atoms with Crippen LogP contribution in [-0.4, -0.2) is 35.0 Å². The van der Waals surface area contributed by atoms with Crippen molar-refractivity contribution >= 4 is 39.8 Å². The van der Waals surface area contributed by atoms with Gasteiger partial charge in [-0.1, -0.05) is 24.3 Å². The van der Waals surface area contributed by atoms with Gasteiger partial charge in [-0.3, -0.25) is 14.5 Å². The minimum Gasteiger partial charge on any atom is -0.496 e. The molecule has 0 aliphatic carbocycles. The Balaban J connectivity index is 1.63. The SMILES string of the molecule is CN=C1NC(=O)S/C1=C\c1ccc2nn(Cc3ccccc3OC)cc2c1. The molecule has 1 fully saturated rings. The number of thioether (sulfide) groups is 1. The molecule has 0 unspecified atom stereocenters. The summed E-state index contributed by atoms with van der Waals surface area (Å²) >= 11 is 1.16. The van der Waals surface area contributed by atoms with E-state index >= 15 is 0 Å². The fraction of sp³-hybridized carbons (Fsp3) is 0.150. The number of hydrogen-bond donors (Lipinski definition) is 1. The van der Waals surface area contributed by atoms with E-state index < -0.39 is 0 Å². The van der Waals surface area contributed by atoms with Crippen molar-refractivity contribution in [2.24, 2.45) is 4.99 Å². The lowest BCUT2D eigenvalue weighted by Crippen LogP contribution is -2.18. The summed E-state index contributed by atoms with van der Waals surface area (Å²) in [5.41, 5.74) is 3.00. The van der Waals surface area contributed by atoms with Gasteiger partial charge >= 0.3 is 0 Å². The summed E-state index contributed by atoms with van der Waals surface area (Å²) in [6, 6.07) is 14.0. The standard InChI is InChI=1S/C20H18N4O2S/c1-21-19-18(27-20(25)22-19)10-13-7-8-16-15(9-13)12-24(23-16)11-14-5-3-4-6-17(14)26-2/h3-10,12H,11H2,1-2H3,(H,21,22,25)/b18-10-. The highest BCUT2D eigenvalue weighted by atomic mass is 32.2. The van der Waals surface area contributed by atoms with E-state index in [2.05, 4.69) is 21.5 Å². The van der Waals surface area contributed by atoms with Gasteiger partial charge in [0.15, 0.2) is 0 Å². The van der Waals surface area contributed by atoms with Crippen LogP contribution in [0.25, 0.3) is 17.0 Å². The van der Waals surface area contributed by atoms with Crippen LogP contribution >= 0.6 is 11.8 Å². The summed E-state index contributed by atoms with van der Waals surface area (Å²) in [5, 5.41) is 8.31. The topological polar surface area (TPSA) is 68.5 Å². The molecule has 0 spiro atoms. The number of ether oxygens (including phenoxy) is 1. The predicted octanol–water partition coefficient (Wildman–Crippen LogP) is 3.92. The molecule has 7 heteroatoms. The lowest BCUT2D eigenvalue weighted by Gasteiger charge is -2.07. The number of para-hydroxylation sites is 1. The minimum atomic E-state index is -0.104. The Morgan fingerprint density at radius 3 is 2.96 bits per heavy atom. The van der Waals surface area contributed by atoms with Crippen molar-refractivity contribution in [1.29, 1.82) is 0 Å². The molecule has 3 aromatic rings. The number of amides is 1.